The second-order valence-corrected chi connectivity index (χ2v) is 5.57. The van der Waals surface area contributed by atoms with Crippen LogP contribution in [0, 0.1) is 0 Å². The molecule has 0 aliphatic carbocycles. The van der Waals surface area contributed by atoms with Gasteiger partial charge in [-0.2, -0.15) is 0 Å². The number of methoxy groups -OCH3 is 5. The summed E-state index contributed by atoms with van der Waals surface area (Å²) in [6, 6.07) is 6.76. The highest BCUT2D eigenvalue weighted by Gasteiger charge is 2.32. The number of fused-ring (bicyclic) bond motifs is 1. The molecule has 0 saturated heterocycles. The second kappa shape index (κ2) is 7.49. The average molecular weight is 372 g/mol. The van der Waals surface area contributed by atoms with E-state index in [1.807, 2.05) is 0 Å². The molecule has 0 atom stereocenters. The predicted octanol–water partition coefficient (Wildman–Crippen LogP) is 3.35. The van der Waals surface area contributed by atoms with Crippen molar-refractivity contribution in [3.63, 3.8) is 0 Å². The Morgan fingerprint density at radius 1 is 0.815 bits per heavy atom. The Bertz CT molecular complexity index is 915. The summed E-state index contributed by atoms with van der Waals surface area (Å²) < 4.78 is 32.4. The zero-order valence-corrected chi connectivity index (χ0v) is 15.7. The van der Waals surface area contributed by atoms with Crippen molar-refractivity contribution in [2.45, 2.75) is 0 Å². The normalized spacial score (nSPS) is 13.8. The maximum Gasteiger partial charge on any atom is 0.235 e. The van der Waals surface area contributed by atoms with Gasteiger partial charge in [0.05, 0.1) is 35.5 Å². The highest BCUT2D eigenvalue weighted by atomic mass is 16.5. The zero-order chi connectivity index (χ0) is 19.6. The van der Waals surface area contributed by atoms with Gasteiger partial charge in [0.15, 0.2) is 17.3 Å². The third-order valence-corrected chi connectivity index (χ3v) is 4.19. The topological polar surface area (TPSA) is 72.5 Å². The molecule has 1 aliphatic heterocycles. The van der Waals surface area contributed by atoms with E-state index in [9.17, 15) is 4.79 Å². The summed E-state index contributed by atoms with van der Waals surface area (Å²) in [5.74, 6) is 2.52. The molecule has 0 bridgehead atoms. The fourth-order valence-corrected chi connectivity index (χ4v) is 2.91. The van der Waals surface area contributed by atoms with Crippen molar-refractivity contribution in [3.8, 4) is 34.5 Å². The largest absolute Gasteiger partial charge is 0.496 e. The molecule has 0 unspecified atom stereocenters. The summed E-state index contributed by atoms with van der Waals surface area (Å²) >= 11 is 0. The maximum absolute atomic E-state index is 12.8. The van der Waals surface area contributed by atoms with Crippen LogP contribution in [0.15, 0.2) is 30.0 Å². The van der Waals surface area contributed by atoms with Crippen LogP contribution in [-0.2, 0) is 0 Å². The van der Waals surface area contributed by atoms with Crippen molar-refractivity contribution >= 4 is 11.9 Å². The van der Waals surface area contributed by atoms with Crippen LogP contribution in [0.4, 0.5) is 0 Å². The van der Waals surface area contributed by atoms with Crippen molar-refractivity contribution in [2.75, 3.05) is 35.5 Å². The van der Waals surface area contributed by atoms with E-state index in [2.05, 4.69) is 0 Å². The Morgan fingerprint density at radius 3 is 2.11 bits per heavy atom. The molecule has 0 radical (unpaired) electrons. The number of ether oxygens (including phenoxy) is 6. The quantitative estimate of drug-likeness (QED) is 0.720. The van der Waals surface area contributed by atoms with Gasteiger partial charge in [0.2, 0.25) is 11.5 Å². The molecule has 3 rings (SSSR count). The number of allylic oxidation sites excluding steroid dienone is 1. The number of ketones is 1. The minimum absolute atomic E-state index is 0.141. The van der Waals surface area contributed by atoms with E-state index in [0.717, 1.165) is 0 Å². The first-order valence-corrected chi connectivity index (χ1v) is 8.07. The molecule has 2 aromatic rings. The van der Waals surface area contributed by atoms with Crippen LogP contribution in [0.25, 0.3) is 6.08 Å². The Kier molecular flexibility index (Phi) is 5.12. The van der Waals surface area contributed by atoms with Crippen molar-refractivity contribution in [2.24, 2.45) is 0 Å². The standard InChI is InChI=1S/C20H20O7/c1-22-12-9-14(24-3)17-15(10-12)27-16(18(17)21)8-11-6-7-13(23-2)20(26-5)19(11)25-4/h6-10H,1-5H3/b16-8-. The van der Waals surface area contributed by atoms with E-state index in [-0.39, 0.29) is 11.5 Å². The fraction of sp³-hybridized carbons (Fsp3) is 0.250. The molecule has 0 fully saturated rings. The van der Waals surface area contributed by atoms with Gasteiger partial charge in [-0.05, 0) is 18.2 Å². The van der Waals surface area contributed by atoms with Crippen LogP contribution in [0.5, 0.6) is 34.5 Å². The van der Waals surface area contributed by atoms with Gasteiger partial charge in [0.25, 0.3) is 0 Å². The van der Waals surface area contributed by atoms with Gasteiger partial charge in [-0.25, -0.2) is 0 Å². The molecule has 7 nitrogen and oxygen atoms in total. The van der Waals surface area contributed by atoms with Crippen molar-refractivity contribution < 1.29 is 33.2 Å². The monoisotopic (exact) mass is 372 g/mol. The van der Waals surface area contributed by atoms with Gasteiger partial charge in [-0.1, -0.05) is 0 Å². The van der Waals surface area contributed by atoms with E-state index >= 15 is 0 Å². The van der Waals surface area contributed by atoms with E-state index in [1.54, 1.807) is 30.3 Å². The molecule has 142 valence electrons. The summed E-state index contributed by atoms with van der Waals surface area (Å²) in [4.78, 5) is 12.8. The molecule has 0 N–H and O–H groups in total. The van der Waals surface area contributed by atoms with Crippen LogP contribution in [0.3, 0.4) is 0 Å². The molecule has 0 saturated carbocycles. The van der Waals surface area contributed by atoms with Gasteiger partial charge in [0, 0.05) is 17.7 Å². The molecule has 27 heavy (non-hydrogen) atoms. The van der Waals surface area contributed by atoms with E-state index in [0.29, 0.717) is 45.6 Å². The minimum atomic E-state index is -0.290. The summed E-state index contributed by atoms with van der Waals surface area (Å²) in [6.45, 7) is 0. The first-order valence-electron chi connectivity index (χ1n) is 8.07. The average Bonchev–Trinajstić information content (AvgIpc) is 3.01. The van der Waals surface area contributed by atoms with Crippen LogP contribution < -0.4 is 28.4 Å². The first kappa shape index (κ1) is 18.4. The third kappa shape index (κ3) is 3.12. The zero-order valence-electron chi connectivity index (χ0n) is 15.7. The van der Waals surface area contributed by atoms with Gasteiger partial charge < -0.3 is 28.4 Å². The van der Waals surface area contributed by atoms with Crippen LogP contribution in [-0.4, -0.2) is 41.3 Å². The summed E-state index contributed by atoms with van der Waals surface area (Å²) in [5, 5.41) is 0. The highest BCUT2D eigenvalue weighted by Crippen LogP contribution is 2.44. The fourth-order valence-electron chi connectivity index (χ4n) is 2.91. The summed E-state index contributed by atoms with van der Waals surface area (Å²) in [6.07, 6.45) is 1.59. The number of Topliss-reactive ketones (excluding diaryl/α,β-unsaturated/α-hetero) is 1. The number of rotatable bonds is 6. The van der Waals surface area contributed by atoms with E-state index in [4.69, 9.17) is 28.4 Å². The molecule has 0 amide bonds. The third-order valence-electron chi connectivity index (χ3n) is 4.19. The van der Waals surface area contributed by atoms with E-state index < -0.39 is 0 Å². The first-order chi connectivity index (χ1) is 13.1. The Labute approximate surface area is 157 Å². The lowest BCUT2D eigenvalue weighted by molar-refractivity contribution is 0.101. The number of hydrogen-bond donors (Lipinski definition) is 0. The van der Waals surface area contributed by atoms with Gasteiger partial charge in [0.1, 0.15) is 22.8 Å². The van der Waals surface area contributed by atoms with Gasteiger partial charge >= 0.3 is 0 Å². The second-order valence-electron chi connectivity index (χ2n) is 5.57. The Balaban J connectivity index is 2.08. The molecule has 7 heteroatoms. The Hall–Kier alpha value is -3.35. The number of hydrogen-bond acceptors (Lipinski definition) is 7. The number of carbonyl (C=O) groups excluding carboxylic acids is 1. The smallest absolute Gasteiger partial charge is 0.235 e. The van der Waals surface area contributed by atoms with Crippen LogP contribution >= 0.6 is 0 Å². The lowest BCUT2D eigenvalue weighted by atomic mass is 10.1. The van der Waals surface area contributed by atoms with E-state index in [1.165, 1.54) is 35.5 Å². The lowest BCUT2D eigenvalue weighted by Crippen LogP contribution is -2.01. The van der Waals surface area contributed by atoms with Crippen LogP contribution in [0.1, 0.15) is 15.9 Å². The van der Waals surface area contributed by atoms with Crippen LogP contribution in [0.2, 0.25) is 0 Å². The molecule has 1 aliphatic rings. The van der Waals surface area contributed by atoms with Crippen molar-refractivity contribution in [1.82, 2.24) is 0 Å². The molecule has 0 spiro atoms. The lowest BCUT2D eigenvalue weighted by Gasteiger charge is -2.14. The number of carbonyl (C=O) groups is 1. The SMILES string of the molecule is COc1cc(OC)c2c(c1)O/C(=C\c1ccc(OC)c(OC)c1OC)C2=O. The molecule has 0 aromatic heterocycles. The van der Waals surface area contributed by atoms with Gasteiger partial charge in [-0.3, -0.25) is 4.79 Å². The van der Waals surface area contributed by atoms with Crippen molar-refractivity contribution in [1.29, 1.82) is 0 Å². The van der Waals surface area contributed by atoms with Gasteiger partial charge in [-0.15, -0.1) is 0 Å². The molecular weight excluding hydrogens is 352 g/mol. The predicted molar refractivity (Wildman–Crippen MR) is 98.6 cm³/mol. The number of benzene rings is 2. The Morgan fingerprint density at radius 2 is 1.52 bits per heavy atom. The van der Waals surface area contributed by atoms with Crippen molar-refractivity contribution in [3.05, 3.63) is 41.2 Å². The highest BCUT2D eigenvalue weighted by molar-refractivity contribution is 6.16. The molecular formula is C20H20O7. The summed E-state index contributed by atoms with van der Waals surface area (Å²) in [5.41, 5.74) is 0.959. The minimum Gasteiger partial charge on any atom is -0.496 e. The maximum atomic E-state index is 12.8. The molecule has 2 aromatic carbocycles. The summed E-state index contributed by atoms with van der Waals surface area (Å²) in [7, 11) is 7.58. The molecule has 1 heterocycles.